The number of Topliss-reactive ketones (excluding diaryl/α,β-unsaturated/α-hetero) is 1. The molecule has 9 heteroatoms. The van der Waals surface area contributed by atoms with Crippen LogP contribution in [0.25, 0.3) is 0 Å². The predicted molar refractivity (Wildman–Crippen MR) is 221 cm³/mol. The average Bonchev–Trinajstić information content (AvgIpc) is 3.41. The van der Waals surface area contributed by atoms with Gasteiger partial charge >= 0.3 is 5.97 Å². The van der Waals surface area contributed by atoms with Gasteiger partial charge in [0.2, 0.25) is 5.78 Å². The van der Waals surface area contributed by atoms with E-state index in [-0.39, 0.29) is 59.6 Å². The van der Waals surface area contributed by atoms with E-state index in [0.717, 1.165) is 42.4 Å². The monoisotopic (exact) mass is 780 g/mol. The molecule has 1 saturated carbocycles. The molecule has 0 radical (unpaired) electrons. The molecule has 4 aliphatic carbocycles. The van der Waals surface area contributed by atoms with E-state index < -0.39 is 46.1 Å². The molecule has 3 N–H and O–H groups in total. The molecule has 0 aromatic carbocycles. The number of ketones is 1. The van der Waals surface area contributed by atoms with Gasteiger partial charge in [-0.15, -0.1) is 0 Å². The van der Waals surface area contributed by atoms with Crippen LogP contribution in [-0.2, 0) is 23.9 Å². The average molecular weight is 780 g/mol. The van der Waals surface area contributed by atoms with Crippen molar-refractivity contribution in [2.75, 3.05) is 20.3 Å². The molecule has 2 bridgehead atoms. The highest BCUT2D eigenvalue weighted by Crippen LogP contribution is 2.63. The van der Waals surface area contributed by atoms with Crippen LogP contribution >= 0.6 is 0 Å². The van der Waals surface area contributed by atoms with Crippen molar-refractivity contribution in [1.29, 1.82) is 0 Å². The first kappa shape index (κ1) is 44.4. The van der Waals surface area contributed by atoms with Gasteiger partial charge in [-0.1, -0.05) is 108 Å². The fraction of sp³-hybridized carbons (Fsp3) is 0.766. The quantitative estimate of drug-likeness (QED) is 0.0730. The molecule has 56 heavy (non-hydrogen) atoms. The largest absolute Gasteiger partial charge is 0.511 e. The van der Waals surface area contributed by atoms with Gasteiger partial charge < -0.3 is 29.6 Å². The molecule has 1 heterocycles. The van der Waals surface area contributed by atoms with Crippen molar-refractivity contribution in [2.45, 2.75) is 151 Å². The van der Waals surface area contributed by atoms with Gasteiger partial charge in [-0.2, -0.15) is 0 Å². The lowest BCUT2D eigenvalue weighted by Gasteiger charge is -2.57. The molecule has 13 atom stereocenters. The molecule has 1 saturated heterocycles. The van der Waals surface area contributed by atoms with Gasteiger partial charge in [0.05, 0.1) is 17.9 Å². The van der Waals surface area contributed by atoms with E-state index in [1.54, 1.807) is 7.11 Å². The topological polar surface area (TPSA) is 135 Å². The summed E-state index contributed by atoms with van der Waals surface area (Å²) in [7, 11) is 1.77. The number of fused-ring (bicyclic) bond motifs is 4. The molecule has 0 amide bonds. The molecule has 1 aliphatic heterocycles. The molecule has 6 unspecified atom stereocenters. The van der Waals surface area contributed by atoms with Crippen molar-refractivity contribution in [3.8, 4) is 0 Å². The smallest absolute Gasteiger partial charge is 0.346 e. The second kappa shape index (κ2) is 17.6. The summed E-state index contributed by atoms with van der Waals surface area (Å²) < 4.78 is 12.7. The third-order valence-electron chi connectivity index (χ3n) is 15.2. The van der Waals surface area contributed by atoms with Crippen molar-refractivity contribution >= 4 is 17.5 Å². The number of hydrogen-bond donors (Lipinski definition) is 3. The first-order valence-corrected chi connectivity index (χ1v) is 21.8. The fourth-order valence-corrected chi connectivity index (χ4v) is 12.2. The first-order chi connectivity index (χ1) is 26.5. The van der Waals surface area contributed by atoms with Crippen LogP contribution in [0.15, 0.2) is 51.4 Å². The SMILES string of the molecule is CCCCO/N=C1\C[C@H](O)C2C=C(C)[C@H]3/C(CC)=C/C(CO)C[C@@H](C)[C@H](OC)[C@H](C)CCC[C@]4(C)C=C(C)[C@H](C)CC45OC(=O)C(=C(O)C3(CC)C2C1C)C5=O. The standard InChI is InChI=1S/C47H73NO8/c1-12-15-19-55-48-36-23-37(50)35-21-28(5)39-34(13-2)22-33(26-49)20-29(6)41(54-11)27(4)17-16-18-45(10)24-30(7)31(8)25-47(45)43(52)38(44(53)56-47)42(51)46(39,14-3)40(35)32(36)9/h21-22,24,27,29,31-33,35,37,39-41,49-51H,12-20,23,25-26H2,1-11H3/b34-22+,42-38?,48-36+/t27-,29-,31-,32?,33?,35?,37+,39+,40?,41-,45-,46?,47?/m1/s1. The Morgan fingerprint density at radius 1 is 1.04 bits per heavy atom. The molecule has 5 rings (SSSR count). The number of nitrogens with zero attached hydrogens (tertiary/aromatic N) is 1. The van der Waals surface area contributed by atoms with Gasteiger partial charge in [0.25, 0.3) is 0 Å². The number of esters is 1. The third kappa shape index (κ3) is 7.51. The van der Waals surface area contributed by atoms with E-state index in [0.29, 0.717) is 50.8 Å². The summed E-state index contributed by atoms with van der Waals surface area (Å²) in [6.07, 6.45) is 12.1. The maximum absolute atomic E-state index is 15.5. The lowest BCUT2D eigenvalue weighted by molar-refractivity contribution is -0.166. The van der Waals surface area contributed by atoms with E-state index >= 15 is 4.79 Å². The Morgan fingerprint density at radius 2 is 1.75 bits per heavy atom. The Kier molecular flexibility index (Phi) is 14.0. The Bertz CT molecular complexity index is 1620. The van der Waals surface area contributed by atoms with E-state index in [1.807, 2.05) is 13.8 Å². The van der Waals surface area contributed by atoms with Gasteiger partial charge in [0.1, 0.15) is 17.9 Å². The van der Waals surface area contributed by atoms with Crippen molar-refractivity contribution in [1.82, 2.24) is 0 Å². The van der Waals surface area contributed by atoms with E-state index in [9.17, 15) is 20.1 Å². The Hall–Kier alpha value is -2.75. The van der Waals surface area contributed by atoms with Gasteiger partial charge in [-0.05, 0) is 76.0 Å². The number of carbonyl (C=O) groups excluding carboxylic acids is 2. The van der Waals surface area contributed by atoms with Crippen molar-refractivity contribution in [2.24, 2.45) is 63.3 Å². The van der Waals surface area contributed by atoms with Crippen LogP contribution in [0.1, 0.15) is 133 Å². The number of ether oxygens (including phenoxy) is 2. The lowest BCUT2D eigenvalue weighted by atomic mass is 9.46. The number of aliphatic hydroxyl groups excluding tert-OH is 3. The van der Waals surface area contributed by atoms with Gasteiger partial charge in [0.15, 0.2) is 5.60 Å². The maximum atomic E-state index is 15.5. The van der Waals surface area contributed by atoms with Gasteiger partial charge in [-0.3, -0.25) is 4.79 Å². The summed E-state index contributed by atoms with van der Waals surface area (Å²) in [5, 5.41) is 40.7. The summed E-state index contributed by atoms with van der Waals surface area (Å²) in [4.78, 5) is 35.9. The minimum Gasteiger partial charge on any atom is -0.511 e. The Balaban J connectivity index is 1.84. The number of methoxy groups -OCH3 is 1. The van der Waals surface area contributed by atoms with Gasteiger partial charge in [-0.25, -0.2) is 4.79 Å². The van der Waals surface area contributed by atoms with E-state index in [1.165, 1.54) is 0 Å². The summed E-state index contributed by atoms with van der Waals surface area (Å²) in [6.45, 7) is 21.4. The van der Waals surface area contributed by atoms with Crippen molar-refractivity contribution in [3.05, 3.63) is 46.3 Å². The predicted octanol–water partition coefficient (Wildman–Crippen LogP) is 9.24. The minimum absolute atomic E-state index is 0.00442. The summed E-state index contributed by atoms with van der Waals surface area (Å²) in [6, 6.07) is 0. The molecular formula is C47H73NO8. The highest BCUT2D eigenvalue weighted by atomic mass is 16.6. The molecule has 0 aromatic rings. The lowest BCUT2D eigenvalue weighted by Crippen LogP contribution is -2.57. The van der Waals surface area contributed by atoms with Crippen molar-refractivity contribution < 1.29 is 39.2 Å². The third-order valence-corrected chi connectivity index (χ3v) is 15.2. The highest BCUT2D eigenvalue weighted by Gasteiger charge is 2.67. The van der Waals surface area contributed by atoms with E-state index in [4.69, 9.17) is 14.3 Å². The van der Waals surface area contributed by atoms with Crippen LogP contribution in [0.4, 0.5) is 0 Å². The second-order valence-corrected chi connectivity index (χ2v) is 18.7. The van der Waals surface area contributed by atoms with Crippen molar-refractivity contribution in [3.63, 3.8) is 0 Å². The zero-order valence-corrected chi connectivity index (χ0v) is 36.3. The number of aliphatic hydroxyl groups is 3. The highest BCUT2D eigenvalue weighted by molar-refractivity contribution is 6.26. The van der Waals surface area contributed by atoms with Crippen LogP contribution in [0.5, 0.6) is 0 Å². The number of hydrogen-bond acceptors (Lipinski definition) is 9. The normalized spacial score (nSPS) is 42.7. The maximum Gasteiger partial charge on any atom is 0.346 e. The summed E-state index contributed by atoms with van der Waals surface area (Å²) in [5.74, 6) is -2.81. The number of allylic oxidation sites excluding steroid dienone is 4. The fourth-order valence-electron chi connectivity index (χ4n) is 12.2. The summed E-state index contributed by atoms with van der Waals surface area (Å²) >= 11 is 0. The number of rotatable bonds is 8. The zero-order chi connectivity index (χ0) is 41.3. The van der Waals surface area contributed by atoms with Crippen LogP contribution < -0.4 is 0 Å². The van der Waals surface area contributed by atoms with E-state index in [2.05, 4.69) is 78.8 Å². The molecular weight excluding hydrogens is 707 g/mol. The molecule has 9 nitrogen and oxygen atoms in total. The Labute approximate surface area is 337 Å². The van der Waals surface area contributed by atoms with Crippen LogP contribution in [0, 0.1) is 58.2 Å². The van der Waals surface area contributed by atoms with Crippen LogP contribution in [0.3, 0.4) is 0 Å². The first-order valence-electron chi connectivity index (χ1n) is 21.8. The number of unbranched alkanes of at least 4 members (excludes halogenated alkanes) is 1. The zero-order valence-electron chi connectivity index (χ0n) is 36.3. The number of carbonyl (C=O) groups is 2. The number of oxime groups is 1. The van der Waals surface area contributed by atoms with Crippen LogP contribution in [-0.4, -0.2) is 70.9 Å². The molecule has 314 valence electrons. The minimum atomic E-state index is -1.47. The Morgan fingerprint density at radius 3 is 2.38 bits per heavy atom. The summed E-state index contributed by atoms with van der Waals surface area (Å²) in [5.41, 5.74) is 0.154. The molecule has 0 aromatic heterocycles. The van der Waals surface area contributed by atoms with Crippen LogP contribution in [0.2, 0.25) is 0 Å². The molecule has 2 fully saturated rings. The second-order valence-electron chi connectivity index (χ2n) is 18.7. The van der Waals surface area contributed by atoms with Gasteiger partial charge in [0, 0.05) is 61.1 Å². The molecule has 5 aliphatic rings. The molecule has 1 spiro atoms.